The van der Waals surface area contributed by atoms with Crippen LogP contribution in [0.2, 0.25) is 10.0 Å². The number of halogens is 2. The van der Waals surface area contributed by atoms with Crippen LogP contribution in [0.1, 0.15) is 35.2 Å². The number of carbonyl (C=O) groups excluding carboxylic acids is 1. The molecule has 0 unspecified atom stereocenters. The molecule has 4 aromatic carbocycles. The van der Waals surface area contributed by atoms with Crippen LogP contribution in [-0.4, -0.2) is 24.3 Å². The van der Waals surface area contributed by atoms with Gasteiger partial charge in [-0.3, -0.25) is 9.36 Å². The molecule has 1 aromatic heterocycles. The van der Waals surface area contributed by atoms with Gasteiger partial charge in [-0.2, -0.15) is 0 Å². The number of benzene rings is 4. The first kappa shape index (κ1) is 31.4. The number of rotatable bonds is 9. The van der Waals surface area contributed by atoms with E-state index in [4.69, 9.17) is 42.4 Å². The fourth-order valence-electron chi connectivity index (χ4n) is 5.18. The van der Waals surface area contributed by atoms with Gasteiger partial charge in [-0.05, 0) is 66.1 Å². The second-order valence-electron chi connectivity index (χ2n) is 10.3. The van der Waals surface area contributed by atoms with Gasteiger partial charge in [0.25, 0.3) is 5.56 Å². The van der Waals surface area contributed by atoms with Gasteiger partial charge >= 0.3 is 5.97 Å². The maximum Gasteiger partial charge on any atom is 0.338 e. The van der Waals surface area contributed by atoms with Crippen molar-refractivity contribution in [1.82, 2.24) is 4.57 Å². The molecule has 1 aliphatic heterocycles. The van der Waals surface area contributed by atoms with Crippen LogP contribution < -0.4 is 24.4 Å². The van der Waals surface area contributed by atoms with Crippen LogP contribution in [0.25, 0.3) is 11.8 Å². The van der Waals surface area contributed by atoms with Gasteiger partial charge in [0, 0.05) is 5.56 Å². The Bertz CT molecular complexity index is 2120. The lowest BCUT2D eigenvalue weighted by Crippen LogP contribution is -2.40. The summed E-state index contributed by atoms with van der Waals surface area (Å²) < 4.78 is 19.0. The summed E-state index contributed by atoms with van der Waals surface area (Å²) in [5.41, 5.74) is 3.60. The molecule has 10 heteroatoms. The van der Waals surface area contributed by atoms with Crippen LogP contribution in [0.5, 0.6) is 11.5 Å². The Morgan fingerprint density at radius 2 is 1.72 bits per heavy atom. The van der Waals surface area contributed by atoms with Crippen LogP contribution in [0, 0.1) is 0 Å². The number of methoxy groups -OCH3 is 1. The molecule has 46 heavy (non-hydrogen) atoms. The highest BCUT2D eigenvalue weighted by atomic mass is 35.5. The zero-order chi connectivity index (χ0) is 32.2. The molecule has 0 bridgehead atoms. The smallest absolute Gasteiger partial charge is 0.338 e. The normalized spacial score (nSPS) is 14.4. The van der Waals surface area contributed by atoms with Crippen LogP contribution in [0.15, 0.2) is 112 Å². The number of carbonyl (C=O) groups is 1. The molecule has 0 amide bonds. The molecule has 0 N–H and O–H groups in total. The monoisotopic (exact) mass is 670 g/mol. The zero-order valence-corrected chi connectivity index (χ0v) is 27.2. The van der Waals surface area contributed by atoms with E-state index < -0.39 is 12.0 Å². The number of fused-ring (bicyclic) bond motifs is 1. The quantitative estimate of drug-likeness (QED) is 0.161. The van der Waals surface area contributed by atoms with E-state index in [-0.39, 0.29) is 17.7 Å². The molecule has 0 aliphatic carbocycles. The molecule has 2 heterocycles. The highest BCUT2D eigenvalue weighted by molar-refractivity contribution is 7.07. The molecule has 0 saturated heterocycles. The van der Waals surface area contributed by atoms with E-state index in [0.717, 1.165) is 16.7 Å². The molecule has 232 valence electrons. The average molecular weight is 672 g/mol. The van der Waals surface area contributed by atoms with E-state index in [1.165, 1.54) is 11.3 Å². The van der Waals surface area contributed by atoms with Crippen LogP contribution in [0.4, 0.5) is 0 Å². The van der Waals surface area contributed by atoms with Gasteiger partial charge in [0.15, 0.2) is 4.80 Å². The van der Waals surface area contributed by atoms with E-state index >= 15 is 0 Å². The Morgan fingerprint density at radius 3 is 2.43 bits per heavy atom. The maximum absolute atomic E-state index is 14.1. The summed E-state index contributed by atoms with van der Waals surface area (Å²) in [6, 6.07) is 28.8. The van der Waals surface area contributed by atoms with Crippen LogP contribution in [0.3, 0.4) is 0 Å². The molecule has 1 atom stereocenters. The summed E-state index contributed by atoms with van der Waals surface area (Å²) in [5.74, 6) is 0.723. The van der Waals surface area contributed by atoms with E-state index in [0.29, 0.717) is 48.7 Å². The fourth-order valence-corrected chi connectivity index (χ4v) is 6.50. The number of thiazole rings is 1. The van der Waals surface area contributed by atoms with Crippen molar-refractivity contribution in [1.29, 1.82) is 0 Å². The Hall–Kier alpha value is -4.63. The van der Waals surface area contributed by atoms with Gasteiger partial charge in [0.1, 0.15) is 18.1 Å². The summed E-state index contributed by atoms with van der Waals surface area (Å²) >= 11 is 13.4. The lowest BCUT2D eigenvalue weighted by atomic mass is 9.93. The average Bonchev–Trinajstić information content (AvgIpc) is 3.39. The van der Waals surface area contributed by atoms with Crippen molar-refractivity contribution < 1.29 is 19.0 Å². The summed E-state index contributed by atoms with van der Waals surface area (Å²) in [4.78, 5) is 33.1. The minimum Gasteiger partial charge on any atom is -0.497 e. The lowest BCUT2D eigenvalue weighted by Gasteiger charge is -2.26. The predicted molar refractivity (Wildman–Crippen MR) is 181 cm³/mol. The van der Waals surface area contributed by atoms with Crippen molar-refractivity contribution in [2.75, 3.05) is 13.7 Å². The summed E-state index contributed by atoms with van der Waals surface area (Å²) in [6.07, 6.45) is 1.81. The number of ether oxygens (including phenoxy) is 3. The number of hydrogen-bond donors (Lipinski definition) is 0. The molecular weight excluding hydrogens is 643 g/mol. The van der Waals surface area contributed by atoms with Crippen molar-refractivity contribution in [3.8, 4) is 11.5 Å². The Labute approximate surface area is 279 Å². The highest BCUT2D eigenvalue weighted by Crippen LogP contribution is 2.36. The summed E-state index contributed by atoms with van der Waals surface area (Å²) in [5, 5.41) is 0.960. The first-order valence-corrected chi connectivity index (χ1v) is 16.0. The van der Waals surface area contributed by atoms with Gasteiger partial charge in [0.2, 0.25) is 0 Å². The zero-order valence-electron chi connectivity index (χ0n) is 24.9. The third kappa shape index (κ3) is 6.51. The molecule has 0 fully saturated rings. The molecule has 0 radical (unpaired) electrons. The van der Waals surface area contributed by atoms with Gasteiger partial charge < -0.3 is 14.2 Å². The summed E-state index contributed by atoms with van der Waals surface area (Å²) in [7, 11) is 1.58. The first-order valence-electron chi connectivity index (χ1n) is 14.5. The van der Waals surface area contributed by atoms with Gasteiger partial charge in [-0.15, -0.1) is 0 Å². The number of hydrogen-bond acceptors (Lipinski definition) is 7. The highest BCUT2D eigenvalue weighted by Gasteiger charge is 2.35. The predicted octanol–water partition coefficient (Wildman–Crippen LogP) is 6.83. The van der Waals surface area contributed by atoms with Crippen molar-refractivity contribution in [2.24, 2.45) is 4.99 Å². The van der Waals surface area contributed by atoms with Gasteiger partial charge in [-0.1, -0.05) is 95.2 Å². The minimum absolute atomic E-state index is 0.173. The largest absolute Gasteiger partial charge is 0.497 e. The van der Waals surface area contributed by atoms with E-state index in [2.05, 4.69) is 0 Å². The fraction of sp³-hybridized carbons (Fsp3) is 0.139. The molecule has 7 nitrogen and oxygen atoms in total. The van der Waals surface area contributed by atoms with Crippen LogP contribution >= 0.6 is 34.5 Å². The van der Waals surface area contributed by atoms with E-state index in [1.807, 2.05) is 91.0 Å². The number of nitrogens with zero attached hydrogens (tertiary/aromatic N) is 2. The van der Waals surface area contributed by atoms with E-state index in [1.54, 1.807) is 30.7 Å². The molecule has 6 rings (SSSR count). The van der Waals surface area contributed by atoms with Gasteiger partial charge in [-0.25, -0.2) is 9.79 Å². The molecule has 0 spiro atoms. The third-order valence-corrected chi connectivity index (χ3v) is 9.07. The van der Waals surface area contributed by atoms with Crippen molar-refractivity contribution in [3.05, 3.63) is 155 Å². The van der Waals surface area contributed by atoms with Crippen molar-refractivity contribution in [3.63, 3.8) is 0 Å². The SMILES string of the molecule is CCOC(=O)C1=C(c2ccccc2)N=c2s/c(=C/c3ccc(OCc4ccc(Cl)c(Cl)c4)cc3)c(=O)n2[C@H]1c1cccc(OC)c1. The maximum atomic E-state index is 14.1. The summed E-state index contributed by atoms with van der Waals surface area (Å²) in [6.45, 7) is 2.25. The second-order valence-corrected chi connectivity index (χ2v) is 12.1. The first-order chi connectivity index (χ1) is 22.4. The minimum atomic E-state index is -0.792. The Balaban J connectivity index is 1.43. The Kier molecular flexibility index (Phi) is 9.40. The van der Waals surface area contributed by atoms with Crippen LogP contribution in [-0.2, 0) is 16.1 Å². The lowest BCUT2D eigenvalue weighted by molar-refractivity contribution is -0.138. The molecule has 5 aromatic rings. The van der Waals surface area contributed by atoms with Crippen molar-refractivity contribution >= 4 is 52.3 Å². The van der Waals surface area contributed by atoms with E-state index in [9.17, 15) is 9.59 Å². The standard InChI is InChI=1S/C36H28Cl2N2O5S/c1-3-44-35(42)31-32(24-8-5-4-6-9-24)39-36-40(33(31)25-10-7-11-27(20-25)43-2)34(41)30(46-36)19-22-12-15-26(16-13-22)45-21-23-14-17-28(37)29(38)18-23/h4-20,33H,3,21H2,1-2H3/b30-19+/t33-/m0/s1. The molecule has 0 saturated carbocycles. The molecule has 1 aliphatic rings. The Morgan fingerprint density at radius 1 is 0.935 bits per heavy atom. The van der Waals surface area contributed by atoms with Gasteiger partial charge in [0.05, 0.1) is 45.6 Å². The number of aromatic nitrogens is 1. The topological polar surface area (TPSA) is 79.1 Å². The number of esters is 1. The van der Waals surface area contributed by atoms with Crippen molar-refractivity contribution in [2.45, 2.75) is 19.6 Å². The second kappa shape index (κ2) is 13.8. The third-order valence-electron chi connectivity index (χ3n) is 7.35. The molecular formula is C36H28Cl2N2O5S.